The number of ether oxygens (including phenoxy) is 2. The molecule has 5 N–H and O–H groups in total. The van der Waals surface area contributed by atoms with Gasteiger partial charge in [-0.3, -0.25) is 9.78 Å². The maximum absolute atomic E-state index is 12.6. The Hall–Kier alpha value is -3.01. The fourth-order valence-electron chi connectivity index (χ4n) is 4.29. The number of pyridine rings is 1. The third-order valence-electron chi connectivity index (χ3n) is 6.46. The van der Waals surface area contributed by atoms with E-state index in [2.05, 4.69) is 11.9 Å². The molecule has 1 heterocycles. The van der Waals surface area contributed by atoms with Crippen molar-refractivity contribution in [2.45, 2.75) is 76.4 Å². The van der Waals surface area contributed by atoms with Gasteiger partial charge < -0.3 is 30.2 Å². The number of hydrazine groups is 1. The molecule has 0 aromatic carbocycles. The summed E-state index contributed by atoms with van der Waals surface area (Å²) in [5, 5.41) is 8.26. The summed E-state index contributed by atoms with van der Waals surface area (Å²) in [6.45, 7) is 1.86. The standard InChI is InChI=1S/C23H37N5O3.CH2O2/c1-4-12-23(13-14-23)27(2)22(29)30-16-20(28(3)25)21(24)19-11-10-18(15-26-19)31-17-8-6-5-7-9-17;2-1-3/h10-11,15,17H,4-9,12-14,16,24-25H2,1-3H3;1H,(H,2,3)/b21-20-;. The molecule has 0 aliphatic heterocycles. The second kappa shape index (κ2) is 13.0. The Kier molecular flexibility index (Phi) is 10.4. The monoisotopic (exact) mass is 477 g/mol. The van der Waals surface area contributed by atoms with Gasteiger partial charge in [0.25, 0.3) is 6.47 Å². The molecule has 34 heavy (non-hydrogen) atoms. The first-order valence-corrected chi connectivity index (χ1v) is 11.9. The van der Waals surface area contributed by atoms with E-state index in [0.29, 0.717) is 17.1 Å². The van der Waals surface area contributed by atoms with Gasteiger partial charge in [-0.2, -0.15) is 0 Å². The minimum Gasteiger partial charge on any atom is -0.489 e. The van der Waals surface area contributed by atoms with Gasteiger partial charge in [-0.05, 0) is 57.1 Å². The lowest BCUT2D eigenvalue weighted by atomic mass is 9.98. The first kappa shape index (κ1) is 27.2. The number of carbonyl (C=O) groups is 2. The van der Waals surface area contributed by atoms with Crippen LogP contribution in [0.3, 0.4) is 0 Å². The number of nitrogens with zero attached hydrogens (tertiary/aromatic N) is 3. The lowest BCUT2D eigenvalue weighted by molar-refractivity contribution is -0.122. The van der Waals surface area contributed by atoms with Crippen molar-refractivity contribution >= 4 is 18.3 Å². The average Bonchev–Trinajstić information content (AvgIpc) is 3.61. The molecule has 2 aliphatic rings. The summed E-state index contributed by atoms with van der Waals surface area (Å²) < 4.78 is 11.6. The molecule has 0 unspecified atom stereocenters. The fourth-order valence-corrected chi connectivity index (χ4v) is 4.29. The van der Waals surface area contributed by atoms with Crippen molar-refractivity contribution in [2.75, 3.05) is 20.7 Å². The molecular weight excluding hydrogens is 438 g/mol. The highest BCUT2D eigenvalue weighted by molar-refractivity contribution is 5.70. The predicted octanol–water partition coefficient (Wildman–Crippen LogP) is 3.33. The predicted molar refractivity (Wildman–Crippen MR) is 129 cm³/mol. The number of amides is 1. The van der Waals surface area contributed by atoms with Gasteiger partial charge in [-0.15, -0.1) is 0 Å². The highest BCUT2D eigenvalue weighted by atomic mass is 16.6. The van der Waals surface area contributed by atoms with Crippen LogP contribution in [-0.2, 0) is 9.53 Å². The van der Waals surface area contributed by atoms with Gasteiger partial charge in [0.15, 0.2) is 0 Å². The molecule has 2 saturated carbocycles. The number of aromatic nitrogens is 1. The lowest BCUT2D eigenvalue weighted by Gasteiger charge is -2.28. The molecule has 190 valence electrons. The topological polar surface area (TPSA) is 144 Å². The van der Waals surface area contributed by atoms with Gasteiger partial charge in [0.1, 0.15) is 12.4 Å². The van der Waals surface area contributed by atoms with E-state index in [-0.39, 0.29) is 30.8 Å². The Labute approximate surface area is 201 Å². The summed E-state index contributed by atoms with van der Waals surface area (Å²) in [5.74, 6) is 6.72. The summed E-state index contributed by atoms with van der Waals surface area (Å²) >= 11 is 0. The van der Waals surface area contributed by atoms with Gasteiger partial charge in [0.05, 0.1) is 29.4 Å². The molecular formula is C24H39N5O5. The number of hydrogen-bond acceptors (Lipinski definition) is 8. The van der Waals surface area contributed by atoms with Crippen LogP contribution in [0, 0.1) is 0 Å². The van der Waals surface area contributed by atoms with Crippen molar-refractivity contribution in [1.29, 1.82) is 0 Å². The molecule has 0 radical (unpaired) electrons. The van der Waals surface area contributed by atoms with Crippen LogP contribution >= 0.6 is 0 Å². The highest BCUT2D eigenvalue weighted by Gasteiger charge is 2.48. The first-order valence-electron chi connectivity index (χ1n) is 11.9. The summed E-state index contributed by atoms with van der Waals surface area (Å²) in [6.07, 6.45) is 11.5. The van der Waals surface area contributed by atoms with Crippen LogP contribution in [0.1, 0.15) is 70.4 Å². The van der Waals surface area contributed by atoms with E-state index in [1.165, 1.54) is 24.3 Å². The zero-order valence-corrected chi connectivity index (χ0v) is 20.5. The van der Waals surface area contributed by atoms with Gasteiger partial charge >= 0.3 is 6.09 Å². The molecule has 1 aromatic heterocycles. The Balaban J connectivity index is 0.00000129. The SMILES string of the molecule is CCCC1(N(C)C(=O)OC/C(=C(/N)c2ccc(OC3CCCCC3)cn2)N(C)N)CC1.O=CO. The van der Waals surface area contributed by atoms with E-state index in [0.717, 1.165) is 44.3 Å². The Morgan fingerprint density at radius 2 is 1.91 bits per heavy atom. The van der Waals surface area contributed by atoms with Crippen molar-refractivity contribution in [3.63, 3.8) is 0 Å². The van der Waals surface area contributed by atoms with Crippen molar-refractivity contribution < 1.29 is 24.2 Å². The quantitative estimate of drug-likeness (QED) is 0.277. The molecule has 0 spiro atoms. The third kappa shape index (κ3) is 7.51. The Morgan fingerprint density at radius 1 is 1.26 bits per heavy atom. The van der Waals surface area contributed by atoms with Crippen LogP contribution in [0.4, 0.5) is 4.79 Å². The van der Waals surface area contributed by atoms with Gasteiger partial charge in [-0.1, -0.05) is 19.8 Å². The normalized spacial score (nSPS) is 17.4. The molecule has 0 saturated heterocycles. The lowest BCUT2D eigenvalue weighted by Crippen LogP contribution is -2.40. The molecule has 1 amide bonds. The van der Waals surface area contributed by atoms with Gasteiger partial charge in [0.2, 0.25) is 0 Å². The third-order valence-corrected chi connectivity index (χ3v) is 6.46. The molecule has 10 nitrogen and oxygen atoms in total. The van der Waals surface area contributed by atoms with Crippen molar-refractivity contribution in [2.24, 2.45) is 11.6 Å². The molecule has 2 aliphatic carbocycles. The number of likely N-dealkylation sites (N-methyl/N-ethyl adjacent to an activating group) is 1. The minimum atomic E-state index is -0.359. The number of rotatable bonds is 9. The molecule has 1 aromatic rings. The Morgan fingerprint density at radius 3 is 2.41 bits per heavy atom. The molecule has 0 bridgehead atoms. The van der Waals surface area contributed by atoms with Crippen molar-refractivity contribution in [1.82, 2.24) is 14.9 Å². The van der Waals surface area contributed by atoms with E-state index < -0.39 is 0 Å². The molecule has 3 rings (SSSR count). The van der Waals surface area contributed by atoms with Crippen LogP contribution < -0.4 is 16.3 Å². The van der Waals surface area contributed by atoms with E-state index in [1.54, 1.807) is 25.2 Å². The zero-order valence-electron chi connectivity index (χ0n) is 20.5. The zero-order chi connectivity index (χ0) is 25.1. The molecule has 10 heteroatoms. The van der Waals surface area contributed by atoms with E-state index in [9.17, 15) is 4.79 Å². The van der Waals surface area contributed by atoms with E-state index >= 15 is 0 Å². The van der Waals surface area contributed by atoms with Crippen LogP contribution in [0.5, 0.6) is 5.75 Å². The summed E-state index contributed by atoms with van der Waals surface area (Å²) in [4.78, 5) is 27.1. The highest BCUT2D eigenvalue weighted by Crippen LogP contribution is 2.45. The Bertz CT molecular complexity index is 818. The molecule has 0 atom stereocenters. The van der Waals surface area contributed by atoms with Crippen molar-refractivity contribution in [3.05, 3.63) is 29.7 Å². The van der Waals surface area contributed by atoms with Gasteiger partial charge in [-0.25, -0.2) is 10.6 Å². The average molecular weight is 478 g/mol. The maximum atomic E-state index is 12.6. The number of carboxylic acid groups (broad SMARTS) is 1. The van der Waals surface area contributed by atoms with Gasteiger partial charge in [0, 0.05) is 19.6 Å². The van der Waals surface area contributed by atoms with Crippen LogP contribution in [0.15, 0.2) is 24.0 Å². The first-order chi connectivity index (χ1) is 16.3. The van der Waals surface area contributed by atoms with E-state index in [4.69, 9.17) is 31.0 Å². The summed E-state index contributed by atoms with van der Waals surface area (Å²) in [7, 11) is 3.47. The van der Waals surface area contributed by atoms with Crippen LogP contribution in [0.25, 0.3) is 5.70 Å². The smallest absolute Gasteiger partial charge is 0.410 e. The number of hydrogen-bond donors (Lipinski definition) is 3. The minimum absolute atomic E-state index is 0.0216. The number of nitrogens with two attached hydrogens (primary N) is 2. The molecule has 2 fully saturated rings. The summed E-state index contributed by atoms with van der Waals surface area (Å²) in [6, 6.07) is 3.69. The number of carbonyl (C=O) groups excluding carboxylic acids is 1. The largest absolute Gasteiger partial charge is 0.489 e. The van der Waals surface area contributed by atoms with E-state index in [1.807, 2.05) is 12.1 Å². The van der Waals surface area contributed by atoms with Crippen LogP contribution in [-0.4, -0.2) is 64.9 Å². The summed E-state index contributed by atoms with van der Waals surface area (Å²) in [5.41, 5.74) is 7.72. The fraction of sp³-hybridized carbons (Fsp3) is 0.625. The second-order valence-electron chi connectivity index (χ2n) is 8.92. The second-order valence-corrected chi connectivity index (χ2v) is 8.92. The maximum Gasteiger partial charge on any atom is 0.410 e. The van der Waals surface area contributed by atoms with Crippen molar-refractivity contribution in [3.8, 4) is 5.75 Å². The van der Waals surface area contributed by atoms with Crippen LogP contribution in [0.2, 0.25) is 0 Å².